The van der Waals surface area contributed by atoms with Gasteiger partial charge in [0.2, 0.25) is 5.95 Å². The molecular weight excluding hydrogens is 432 g/mol. The number of hydrogen-bond donors (Lipinski definition) is 2. The maximum absolute atomic E-state index is 13.3. The molecule has 0 aliphatic carbocycles. The van der Waals surface area contributed by atoms with Crippen molar-refractivity contribution in [2.45, 2.75) is 6.92 Å². The van der Waals surface area contributed by atoms with E-state index in [9.17, 15) is 18.4 Å². The Morgan fingerprint density at radius 3 is 2.36 bits per heavy atom. The van der Waals surface area contributed by atoms with Crippen molar-refractivity contribution in [2.75, 3.05) is 5.32 Å². The molecule has 11 heteroatoms. The molecule has 0 saturated carbocycles. The van der Waals surface area contributed by atoms with Crippen LogP contribution in [0, 0.1) is 18.6 Å². The van der Waals surface area contributed by atoms with Crippen LogP contribution in [0.4, 0.5) is 14.6 Å². The number of aryl methyl sites for hydroxylation is 1. The molecule has 0 fully saturated rings. The maximum Gasteiger partial charge on any atom is 0.263 e. The highest BCUT2D eigenvalue weighted by molar-refractivity contribution is 6.03. The van der Waals surface area contributed by atoms with E-state index in [0.29, 0.717) is 11.4 Å². The number of fused-ring (bicyclic) bond motifs is 1. The number of nitrogens with one attached hydrogen (secondary N) is 2. The smallest absolute Gasteiger partial charge is 0.263 e. The molecule has 0 bridgehead atoms. The van der Waals surface area contributed by atoms with Crippen LogP contribution in [0.25, 0.3) is 22.7 Å². The summed E-state index contributed by atoms with van der Waals surface area (Å²) in [6.07, 6.45) is 1.36. The average Bonchev–Trinajstić information content (AvgIpc) is 3.38. The van der Waals surface area contributed by atoms with E-state index in [1.807, 2.05) is 0 Å². The summed E-state index contributed by atoms with van der Waals surface area (Å²) in [4.78, 5) is 32.4. The first-order valence-corrected chi connectivity index (χ1v) is 9.77. The molecule has 33 heavy (non-hydrogen) atoms. The van der Waals surface area contributed by atoms with Crippen molar-refractivity contribution in [3.05, 3.63) is 94.0 Å². The summed E-state index contributed by atoms with van der Waals surface area (Å²) >= 11 is 0. The normalized spacial score (nSPS) is 11.1. The lowest BCUT2D eigenvalue weighted by molar-refractivity contribution is 0.102. The van der Waals surface area contributed by atoms with Gasteiger partial charge in [-0.25, -0.2) is 13.5 Å². The molecule has 0 atom stereocenters. The number of anilines is 1. The fourth-order valence-corrected chi connectivity index (χ4v) is 3.32. The monoisotopic (exact) mass is 447 g/mol. The summed E-state index contributed by atoms with van der Waals surface area (Å²) in [5.41, 5.74) is 1.07. The quantitative estimate of drug-likeness (QED) is 0.440. The highest BCUT2D eigenvalue weighted by Crippen LogP contribution is 2.19. The van der Waals surface area contributed by atoms with Gasteiger partial charge in [0.15, 0.2) is 5.65 Å². The Bertz CT molecular complexity index is 1550. The zero-order chi connectivity index (χ0) is 23.1. The van der Waals surface area contributed by atoms with Crippen LogP contribution < -0.4 is 10.9 Å². The standard InChI is InChI=1S/C22H15F2N7O2/c1-12-10-18(26-20(32)13-2-4-14(23)5-3-13)31(29-12)22-27-19-17(21(33)28-22)11-25-30(19)16-8-6-15(24)7-9-16/h2-11H,1H3,(H,26,32)(H,27,28,33). The Kier molecular flexibility index (Phi) is 4.78. The van der Waals surface area contributed by atoms with Gasteiger partial charge in [-0.05, 0) is 55.5 Å². The topological polar surface area (TPSA) is 110 Å². The molecular formula is C22H15F2N7O2. The number of H-pyrrole nitrogens is 1. The maximum atomic E-state index is 13.3. The van der Waals surface area contributed by atoms with Gasteiger partial charge in [-0.3, -0.25) is 14.6 Å². The Morgan fingerprint density at radius 1 is 1.00 bits per heavy atom. The second kappa shape index (κ2) is 7.79. The van der Waals surface area contributed by atoms with Crippen molar-refractivity contribution in [1.82, 2.24) is 29.5 Å². The van der Waals surface area contributed by atoms with Crippen LogP contribution >= 0.6 is 0 Å². The molecule has 0 aliphatic heterocycles. The van der Waals surface area contributed by atoms with Crippen LogP contribution in [0.2, 0.25) is 0 Å². The van der Waals surface area contributed by atoms with E-state index in [0.717, 1.165) is 0 Å². The highest BCUT2D eigenvalue weighted by atomic mass is 19.1. The summed E-state index contributed by atoms with van der Waals surface area (Å²) in [5.74, 6) is -1.07. The molecule has 2 aromatic carbocycles. The van der Waals surface area contributed by atoms with E-state index in [1.54, 1.807) is 13.0 Å². The first kappa shape index (κ1) is 20.2. The van der Waals surface area contributed by atoms with Gasteiger partial charge in [-0.1, -0.05) is 0 Å². The fourth-order valence-electron chi connectivity index (χ4n) is 3.32. The summed E-state index contributed by atoms with van der Waals surface area (Å²) in [6.45, 7) is 1.71. The van der Waals surface area contributed by atoms with Crippen molar-refractivity contribution in [1.29, 1.82) is 0 Å². The third kappa shape index (κ3) is 3.76. The third-order valence-corrected chi connectivity index (χ3v) is 4.88. The summed E-state index contributed by atoms with van der Waals surface area (Å²) < 4.78 is 29.2. The van der Waals surface area contributed by atoms with Gasteiger partial charge in [-0.15, -0.1) is 0 Å². The number of aromatic nitrogens is 6. The van der Waals surface area contributed by atoms with Gasteiger partial charge in [-0.2, -0.15) is 19.9 Å². The minimum Gasteiger partial charge on any atom is -0.306 e. The number of nitrogens with zero attached hydrogens (tertiary/aromatic N) is 5. The first-order valence-electron chi connectivity index (χ1n) is 9.77. The summed E-state index contributed by atoms with van der Waals surface area (Å²) in [7, 11) is 0. The van der Waals surface area contributed by atoms with Gasteiger partial charge < -0.3 is 5.32 Å². The lowest BCUT2D eigenvalue weighted by atomic mass is 10.2. The van der Waals surface area contributed by atoms with Gasteiger partial charge in [0.05, 0.1) is 17.6 Å². The number of halogens is 2. The van der Waals surface area contributed by atoms with Crippen LogP contribution in [0.5, 0.6) is 0 Å². The van der Waals surface area contributed by atoms with E-state index in [2.05, 4.69) is 25.5 Å². The molecule has 164 valence electrons. The highest BCUT2D eigenvalue weighted by Gasteiger charge is 2.17. The van der Waals surface area contributed by atoms with Crippen LogP contribution in [0.3, 0.4) is 0 Å². The molecule has 0 unspecified atom stereocenters. The molecule has 0 radical (unpaired) electrons. The summed E-state index contributed by atoms with van der Waals surface area (Å²) in [6, 6.07) is 12.2. The predicted octanol–water partition coefficient (Wildman–Crippen LogP) is 3.13. The van der Waals surface area contributed by atoms with E-state index >= 15 is 0 Å². The molecule has 5 aromatic rings. The van der Waals surface area contributed by atoms with Gasteiger partial charge in [0.1, 0.15) is 22.8 Å². The number of rotatable bonds is 4. The number of carbonyl (C=O) groups excluding carboxylic acids is 1. The van der Waals surface area contributed by atoms with Crippen molar-refractivity contribution in [3.8, 4) is 11.6 Å². The van der Waals surface area contributed by atoms with Gasteiger partial charge in [0.25, 0.3) is 11.5 Å². The minimum atomic E-state index is -0.490. The number of amides is 1. The minimum absolute atomic E-state index is 0.0406. The van der Waals surface area contributed by atoms with Crippen molar-refractivity contribution in [2.24, 2.45) is 0 Å². The van der Waals surface area contributed by atoms with Gasteiger partial charge in [0, 0.05) is 11.6 Å². The second-order valence-corrected chi connectivity index (χ2v) is 7.20. The number of hydrogen-bond acceptors (Lipinski definition) is 5. The van der Waals surface area contributed by atoms with Crippen molar-refractivity contribution in [3.63, 3.8) is 0 Å². The van der Waals surface area contributed by atoms with Crippen molar-refractivity contribution < 1.29 is 13.6 Å². The molecule has 1 amide bonds. The van der Waals surface area contributed by atoms with Crippen LogP contribution in [0.1, 0.15) is 16.1 Å². The molecule has 9 nitrogen and oxygen atoms in total. The Labute approximate surface area is 184 Å². The second-order valence-electron chi connectivity index (χ2n) is 7.20. The fraction of sp³-hybridized carbons (Fsp3) is 0.0455. The van der Waals surface area contributed by atoms with E-state index in [1.165, 1.54) is 64.1 Å². The molecule has 0 spiro atoms. The predicted molar refractivity (Wildman–Crippen MR) is 116 cm³/mol. The molecule has 5 rings (SSSR count). The lowest BCUT2D eigenvalue weighted by Crippen LogP contribution is -2.19. The van der Waals surface area contributed by atoms with Crippen LogP contribution in [-0.4, -0.2) is 35.4 Å². The molecule has 3 aromatic heterocycles. The van der Waals surface area contributed by atoms with Gasteiger partial charge >= 0.3 is 0 Å². The number of aromatic amines is 1. The number of benzene rings is 2. The summed E-state index contributed by atoms with van der Waals surface area (Å²) in [5, 5.41) is 11.4. The number of carbonyl (C=O) groups is 1. The largest absolute Gasteiger partial charge is 0.306 e. The average molecular weight is 447 g/mol. The lowest BCUT2D eigenvalue weighted by Gasteiger charge is -2.09. The Morgan fingerprint density at radius 2 is 1.67 bits per heavy atom. The first-order chi connectivity index (χ1) is 15.9. The van der Waals surface area contributed by atoms with E-state index < -0.39 is 23.1 Å². The zero-order valence-corrected chi connectivity index (χ0v) is 17.1. The van der Waals surface area contributed by atoms with Crippen LogP contribution in [0.15, 0.2) is 65.6 Å². The van der Waals surface area contributed by atoms with Crippen LogP contribution in [-0.2, 0) is 0 Å². The van der Waals surface area contributed by atoms with E-state index in [4.69, 9.17) is 0 Å². The molecule has 0 aliphatic rings. The Hall–Kier alpha value is -4.67. The van der Waals surface area contributed by atoms with E-state index in [-0.39, 0.29) is 28.4 Å². The zero-order valence-electron chi connectivity index (χ0n) is 17.1. The SMILES string of the molecule is Cc1cc(NC(=O)c2ccc(F)cc2)n(-c2nc3c(cnn3-c3ccc(F)cc3)c(=O)[nH]2)n1. The molecule has 2 N–H and O–H groups in total. The van der Waals surface area contributed by atoms with Crippen molar-refractivity contribution >= 4 is 22.8 Å². The molecule has 0 saturated heterocycles. The molecule has 3 heterocycles. The third-order valence-electron chi connectivity index (χ3n) is 4.88. The Balaban J connectivity index is 1.58.